The van der Waals surface area contributed by atoms with E-state index in [0.29, 0.717) is 17.2 Å². The lowest BCUT2D eigenvalue weighted by Crippen LogP contribution is -2.43. The minimum absolute atomic E-state index is 0.0433. The van der Waals surface area contributed by atoms with Crippen molar-refractivity contribution in [1.82, 2.24) is 35.5 Å². The zero-order valence-corrected chi connectivity index (χ0v) is 25.4. The number of hydrogen-bond acceptors (Lipinski definition) is 9. The third-order valence-corrected chi connectivity index (χ3v) is 8.13. The number of nitrogen functional groups attached to an aromatic ring is 1. The van der Waals surface area contributed by atoms with Crippen LogP contribution in [0.1, 0.15) is 70.0 Å². The Morgan fingerprint density at radius 2 is 1.73 bits per heavy atom. The van der Waals surface area contributed by atoms with Gasteiger partial charge in [0.05, 0.1) is 11.4 Å². The third kappa shape index (κ3) is 6.00. The molecular weight excluding hydrogens is 556 g/mol. The summed E-state index contributed by atoms with van der Waals surface area (Å²) in [5.41, 5.74) is 9.10. The summed E-state index contributed by atoms with van der Waals surface area (Å²) >= 11 is 0. The van der Waals surface area contributed by atoms with Crippen LogP contribution in [0.25, 0.3) is 22.3 Å². The molecule has 0 aliphatic heterocycles. The van der Waals surface area contributed by atoms with Gasteiger partial charge in [0.25, 0.3) is 0 Å². The van der Waals surface area contributed by atoms with Crippen LogP contribution in [0.15, 0.2) is 71.5 Å². The number of anilines is 1. The summed E-state index contributed by atoms with van der Waals surface area (Å²) in [6, 6.07) is 18.9. The zero-order valence-electron chi connectivity index (χ0n) is 25.4. The number of nitrogens with two attached hydrogens (primary N) is 1. The highest BCUT2D eigenvalue weighted by molar-refractivity contribution is 5.98. The summed E-state index contributed by atoms with van der Waals surface area (Å²) in [6.45, 7) is 6.15. The van der Waals surface area contributed by atoms with Gasteiger partial charge in [-0.25, -0.2) is 14.6 Å². The number of fused-ring (bicyclic) bond motifs is 1. The lowest BCUT2D eigenvalue weighted by Gasteiger charge is -2.30. The highest BCUT2D eigenvalue weighted by atomic mass is 16.5. The molecule has 6 rings (SSSR count). The quantitative estimate of drug-likeness (QED) is 0.205. The summed E-state index contributed by atoms with van der Waals surface area (Å²) in [6.07, 6.45) is 4.76. The van der Waals surface area contributed by atoms with E-state index in [1.54, 1.807) is 7.05 Å². The molecule has 4 N–H and O–H groups in total. The molecular formula is C33H38N8O3. The summed E-state index contributed by atoms with van der Waals surface area (Å²) < 4.78 is 13.5. The number of nitrogens with one attached hydrogen (secondary N) is 2. The summed E-state index contributed by atoms with van der Waals surface area (Å²) in [4.78, 5) is 22.1. The molecule has 3 aromatic heterocycles. The van der Waals surface area contributed by atoms with Crippen molar-refractivity contribution in [2.24, 2.45) is 0 Å². The van der Waals surface area contributed by atoms with Crippen molar-refractivity contribution in [3.05, 3.63) is 78.4 Å². The molecule has 5 aromatic rings. The van der Waals surface area contributed by atoms with Gasteiger partial charge in [0.1, 0.15) is 46.8 Å². The van der Waals surface area contributed by atoms with Crippen LogP contribution in [0.2, 0.25) is 0 Å². The van der Waals surface area contributed by atoms with E-state index in [2.05, 4.69) is 25.8 Å². The monoisotopic (exact) mass is 594 g/mol. The van der Waals surface area contributed by atoms with E-state index >= 15 is 0 Å². The fourth-order valence-corrected chi connectivity index (χ4v) is 5.70. The van der Waals surface area contributed by atoms with Crippen LogP contribution in [-0.2, 0) is 10.2 Å². The van der Waals surface area contributed by atoms with Crippen molar-refractivity contribution in [3.63, 3.8) is 0 Å². The van der Waals surface area contributed by atoms with Crippen molar-refractivity contribution < 1.29 is 14.1 Å². The number of aromatic nitrogens is 5. The Labute approximate surface area is 256 Å². The molecule has 1 aliphatic rings. The molecule has 3 heterocycles. The second-order valence-electron chi connectivity index (χ2n) is 12.3. The first-order chi connectivity index (χ1) is 21.2. The van der Waals surface area contributed by atoms with Gasteiger partial charge in [0.2, 0.25) is 5.91 Å². The van der Waals surface area contributed by atoms with E-state index in [-0.39, 0.29) is 23.4 Å². The van der Waals surface area contributed by atoms with Crippen molar-refractivity contribution in [3.8, 4) is 22.8 Å². The number of likely N-dealkylation sites (N-methyl/N-ethyl adjacent to an activating group) is 1. The first-order valence-electron chi connectivity index (χ1n) is 15.0. The lowest BCUT2D eigenvalue weighted by atomic mass is 9.90. The summed E-state index contributed by atoms with van der Waals surface area (Å²) in [5, 5.41) is 16.2. The maximum atomic E-state index is 13.2. The van der Waals surface area contributed by atoms with Gasteiger partial charge in [0.15, 0.2) is 5.65 Å². The Morgan fingerprint density at radius 1 is 1.02 bits per heavy atom. The number of hydrogen-bond donors (Lipinski definition) is 3. The maximum absolute atomic E-state index is 13.2. The zero-order chi connectivity index (χ0) is 30.8. The van der Waals surface area contributed by atoms with E-state index in [4.69, 9.17) is 20.1 Å². The van der Waals surface area contributed by atoms with Crippen LogP contribution in [0, 0.1) is 0 Å². The van der Waals surface area contributed by atoms with Crippen molar-refractivity contribution >= 4 is 22.8 Å². The number of ether oxygens (including phenoxy) is 1. The van der Waals surface area contributed by atoms with Gasteiger partial charge < -0.3 is 25.6 Å². The molecule has 1 aliphatic carbocycles. The standard InChI is InChI=1S/C33H38N8O3/c1-33(2,3)26-18-25(40-44-26)29(35-4)32(42)38-21-12-14-22(15-13-21)41-31-27(30(34)36-19-37-31)28(39-41)20-10-16-24(17-11-20)43-23-8-6-5-7-9-23/h5-11,16-19,21-22,29,35H,12-15H2,1-4H3,(H,38,42)(H2,34,36,37)/t21-,22-,29-/m0/s1. The minimum atomic E-state index is -0.589. The Bertz CT molecular complexity index is 1730. The number of carbonyl (C=O) groups excluding carboxylic acids is 1. The molecule has 1 atom stereocenters. The third-order valence-electron chi connectivity index (χ3n) is 8.13. The minimum Gasteiger partial charge on any atom is -0.457 e. The average Bonchev–Trinajstić information content (AvgIpc) is 3.66. The van der Waals surface area contributed by atoms with E-state index in [1.807, 2.05) is 86.1 Å². The lowest BCUT2D eigenvalue weighted by molar-refractivity contribution is -0.124. The predicted molar refractivity (Wildman–Crippen MR) is 168 cm³/mol. The van der Waals surface area contributed by atoms with Crippen molar-refractivity contribution in [1.29, 1.82) is 0 Å². The van der Waals surface area contributed by atoms with Crippen molar-refractivity contribution in [2.75, 3.05) is 12.8 Å². The molecule has 1 fully saturated rings. The molecule has 0 unspecified atom stereocenters. The van der Waals surface area contributed by atoms with Gasteiger partial charge in [-0.2, -0.15) is 5.10 Å². The number of nitrogens with zero attached hydrogens (tertiary/aromatic N) is 5. The summed E-state index contributed by atoms with van der Waals surface area (Å²) in [7, 11) is 1.75. The molecule has 11 heteroatoms. The van der Waals surface area contributed by atoms with Gasteiger partial charge >= 0.3 is 0 Å². The van der Waals surface area contributed by atoms with Crippen LogP contribution in [0.3, 0.4) is 0 Å². The maximum Gasteiger partial charge on any atom is 0.243 e. The molecule has 0 radical (unpaired) electrons. The molecule has 0 saturated heterocycles. The number of carbonyl (C=O) groups is 1. The fourth-order valence-electron chi connectivity index (χ4n) is 5.70. The van der Waals surface area contributed by atoms with E-state index < -0.39 is 6.04 Å². The Morgan fingerprint density at radius 3 is 2.39 bits per heavy atom. The highest BCUT2D eigenvalue weighted by Crippen LogP contribution is 2.37. The SMILES string of the molecule is CN[C@H](C(=O)N[C@H]1CC[C@H](n2nc(-c3ccc(Oc4ccccc4)cc3)c3c(N)ncnc32)CC1)c1cc(C(C)(C)C)on1. The molecule has 228 valence electrons. The fraction of sp³-hybridized carbons (Fsp3) is 0.364. The van der Waals surface area contributed by atoms with Gasteiger partial charge in [-0.05, 0) is 69.1 Å². The molecule has 11 nitrogen and oxygen atoms in total. The van der Waals surface area contributed by atoms with E-state index in [0.717, 1.165) is 59.6 Å². The van der Waals surface area contributed by atoms with Crippen LogP contribution in [0.5, 0.6) is 11.5 Å². The van der Waals surface area contributed by atoms with Gasteiger partial charge in [-0.3, -0.25) is 4.79 Å². The number of amides is 1. The van der Waals surface area contributed by atoms with Gasteiger partial charge in [-0.1, -0.05) is 44.1 Å². The second-order valence-corrected chi connectivity index (χ2v) is 12.3. The molecule has 1 saturated carbocycles. The Hall–Kier alpha value is -4.77. The molecule has 44 heavy (non-hydrogen) atoms. The molecule has 0 spiro atoms. The van der Waals surface area contributed by atoms with Crippen LogP contribution in [-0.4, -0.2) is 43.9 Å². The molecule has 0 bridgehead atoms. The number of benzene rings is 2. The Balaban J connectivity index is 1.16. The number of para-hydroxylation sites is 1. The molecule has 2 aromatic carbocycles. The Kier molecular flexibility index (Phi) is 8.05. The van der Waals surface area contributed by atoms with Gasteiger partial charge in [0, 0.05) is 23.1 Å². The average molecular weight is 595 g/mol. The predicted octanol–water partition coefficient (Wildman–Crippen LogP) is 5.71. The smallest absolute Gasteiger partial charge is 0.243 e. The van der Waals surface area contributed by atoms with E-state index in [1.165, 1.54) is 6.33 Å². The van der Waals surface area contributed by atoms with Crippen molar-refractivity contribution in [2.45, 2.75) is 70.0 Å². The molecule has 1 amide bonds. The largest absolute Gasteiger partial charge is 0.457 e. The van der Waals surface area contributed by atoms with Crippen LogP contribution >= 0.6 is 0 Å². The van der Waals surface area contributed by atoms with Gasteiger partial charge in [-0.15, -0.1) is 0 Å². The van der Waals surface area contributed by atoms with E-state index in [9.17, 15) is 4.79 Å². The number of rotatable bonds is 8. The summed E-state index contributed by atoms with van der Waals surface area (Å²) in [5.74, 6) is 2.52. The normalized spacial score (nSPS) is 17.8. The van der Waals surface area contributed by atoms with Crippen LogP contribution in [0.4, 0.5) is 5.82 Å². The topological polar surface area (TPSA) is 146 Å². The first-order valence-corrected chi connectivity index (χ1v) is 15.0. The second kappa shape index (κ2) is 12.1. The highest BCUT2D eigenvalue weighted by Gasteiger charge is 2.31. The first kappa shape index (κ1) is 29.3. The van der Waals surface area contributed by atoms with Crippen LogP contribution < -0.4 is 21.1 Å².